The van der Waals surface area contributed by atoms with Crippen molar-refractivity contribution in [2.24, 2.45) is 5.41 Å². The molecule has 29 heavy (non-hydrogen) atoms. The summed E-state index contributed by atoms with van der Waals surface area (Å²) >= 11 is 0. The van der Waals surface area contributed by atoms with E-state index in [4.69, 9.17) is 0 Å². The van der Waals surface area contributed by atoms with Crippen LogP contribution in [-0.4, -0.2) is 21.7 Å². The molecule has 1 amide bonds. The second-order valence-electron chi connectivity index (χ2n) is 8.38. The minimum absolute atomic E-state index is 0.0844. The highest BCUT2D eigenvalue weighted by atomic mass is 16.2. The molecule has 3 heterocycles. The van der Waals surface area contributed by atoms with Crippen LogP contribution in [0.25, 0.3) is 0 Å². The second-order valence-corrected chi connectivity index (χ2v) is 8.38. The summed E-state index contributed by atoms with van der Waals surface area (Å²) in [6.07, 6.45) is 6.24. The van der Waals surface area contributed by atoms with E-state index in [2.05, 4.69) is 34.4 Å². The summed E-state index contributed by atoms with van der Waals surface area (Å²) < 4.78 is 0. The highest BCUT2D eigenvalue weighted by Crippen LogP contribution is 2.46. The molecule has 1 aliphatic heterocycles. The Morgan fingerprint density at radius 1 is 1.14 bits per heavy atom. The average Bonchev–Trinajstić information content (AvgIpc) is 2.67. The van der Waals surface area contributed by atoms with Gasteiger partial charge in [-0.15, -0.1) is 0 Å². The Labute approximate surface area is 170 Å². The molecule has 148 valence electrons. The van der Waals surface area contributed by atoms with Crippen molar-refractivity contribution in [1.29, 1.82) is 0 Å². The first-order valence-electron chi connectivity index (χ1n) is 9.72. The van der Waals surface area contributed by atoms with Crippen LogP contribution in [0.1, 0.15) is 45.1 Å². The van der Waals surface area contributed by atoms with Gasteiger partial charge >= 0.3 is 0 Å². The Balaban J connectivity index is 1.80. The summed E-state index contributed by atoms with van der Waals surface area (Å²) in [5, 5.41) is 6.23. The van der Waals surface area contributed by atoms with E-state index in [1.807, 2.05) is 25.1 Å². The molecule has 0 aromatic carbocycles. The molecule has 2 aliphatic rings. The Morgan fingerprint density at radius 3 is 2.59 bits per heavy atom. The first-order valence-corrected chi connectivity index (χ1v) is 9.72. The third kappa shape index (κ3) is 3.70. The minimum Gasteiger partial charge on any atom is -0.362 e. The number of rotatable bonds is 3. The van der Waals surface area contributed by atoms with E-state index in [1.165, 1.54) is 0 Å². The highest BCUT2D eigenvalue weighted by molar-refractivity contribution is 6.09. The number of hydrogen-bond acceptors (Lipinski definition) is 5. The lowest BCUT2D eigenvalue weighted by molar-refractivity contribution is -0.118. The smallest absolute Gasteiger partial charge is 0.255 e. The predicted molar refractivity (Wildman–Crippen MR) is 111 cm³/mol. The second kappa shape index (κ2) is 7.28. The summed E-state index contributed by atoms with van der Waals surface area (Å²) in [6, 6.07) is 9.09. The van der Waals surface area contributed by atoms with Gasteiger partial charge in [-0.1, -0.05) is 19.9 Å². The third-order valence-corrected chi connectivity index (χ3v) is 5.43. The van der Waals surface area contributed by atoms with E-state index >= 15 is 0 Å². The summed E-state index contributed by atoms with van der Waals surface area (Å²) in [6.45, 7) is 6.08. The van der Waals surface area contributed by atoms with Gasteiger partial charge in [-0.25, -0.2) is 4.98 Å². The van der Waals surface area contributed by atoms with Gasteiger partial charge < -0.3 is 10.6 Å². The Kier molecular flexibility index (Phi) is 4.78. The molecule has 2 aromatic heterocycles. The molecule has 1 atom stereocenters. The molecule has 4 rings (SSSR count). The van der Waals surface area contributed by atoms with E-state index < -0.39 is 5.92 Å². The number of carbonyl (C=O) groups excluding carboxylic acids is 2. The minimum atomic E-state index is -0.429. The molecule has 0 saturated carbocycles. The maximum absolute atomic E-state index is 13.3. The number of Topliss-reactive ketones (excluding diaryl/α,β-unsaturated/α-hetero) is 1. The van der Waals surface area contributed by atoms with E-state index in [1.54, 1.807) is 30.7 Å². The summed E-state index contributed by atoms with van der Waals surface area (Å²) in [4.78, 5) is 34.7. The lowest BCUT2D eigenvalue weighted by atomic mass is 9.68. The van der Waals surface area contributed by atoms with Gasteiger partial charge in [0.25, 0.3) is 5.91 Å². The molecule has 6 heteroatoms. The van der Waals surface area contributed by atoms with Crippen LogP contribution in [0.3, 0.4) is 0 Å². The van der Waals surface area contributed by atoms with Crippen LogP contribution in [0.15, 0.2) is 71.5 Å². The highest BCUT2D eigenvalue weighted by Gasteiger charge is 2.42. The number of carbonyl (C=O) groups is 2. The number of allylic oxidation sites excluding steroid dienone is 3. The van der Waals surface area contributed by atoms with Gasteiger partial charge in [-0.05, 0) is 48.6 Å². The molecule has 1 unspecified atom stereocenters. The van der Waals surface area contributed by atoms with Crippen LogP contribution in [0, 0.1) is 5.41 Å². The summed E-state index contributed by atoms with van der Waals surface area (Å²) in [7, 11) is 0. The first-order chi connectivity index (χ1) is 13.9. The Hall–Kier alpha value is -3.28. The molecular weight excluding hydrogens is 364 g/mol. The third-order valence-electron chi connectivity index (χ3n) is 5.43. The largest absolute Gasteiger partial charge is 0.362 e. The van der Waals surface area contributed by atoms with Crippen molar-refractivity contribution in [3.8, 4) is 0 Å². The number of ketones is 1. The fourth-order valence-corrected chi connectivity index (χ4v) is 4.25. The van der Waals surface area contributed by atoms with Gasteiger partial charge in [0, 0.05) is 53.5 Å². The summed E-state index contributed by atoms with van der Waals surface area (Å²) in [5.74, 6) is -0.135. The van der Waals surface area contributed by atoms with Gasteiger partial charge in [0.15, 0.2) is 5.78 Å². The van der Waals surface area contributed by atoms with Crippen LogP contribution >= 0.6 is 0 Å². The number of nitrogens with zero attached hydrogens (tertiary/aromatic N) is 2. The molecule has 0 fully saturated rings. The molecule has 1 aliphatic carbocycles. The summed E-state index contributed by atoms with van der Waals surface area (Å²) in [5.41, 5.74) is 3.66. The van der Waals surface area contributed by atoms with Gasteiger partial charge in [-0.2, -0.15) is 0 Å². The Morgan fingerprint density at radius 2 is 1.90 bits per heavy atom. The van der Waals surface area contributed by atoms with Crippen LogP contribution < -0.4 is 10.6 Å². The van der Waals surface area contributed by atoms with Crippen molar-refractivity contribution < 1.29 is 9.59 Å². The number of nitrogens with one attached hydrogen (secondary N) is 2. The lowest BCUT2D eigenvalue weighted by Crippen LogP contribution is -2.39. The molecule has 0 bridgehead atoms. The zero-order valence-corrected chi connectivity index (χ0v) is 16.8. The van der Waals surface area contributed by atoms with Gasteiger partial charge in [0.1, 0.15) is 5.82 Å². The monoisotopic (exact) mass is 388 g/mol. The zero-order valence-electron chi connectivity index (χ0n) is 16.8. The number of anilines is 1. The standard InChI is InChI=1S/C23H24N4O2/c1-14-19(22(29)27-18-6-4-5-9-25-18)20(15-7-10-24-11-8-15)21-16(26-14)12-23(2,3)13-17(21)28/h4-11,20,26H,12-13H2,1-3H3,(H,25,27,29). The number of hydrogen-bond donors (Lipinski definition) is 2. The van der Waals surface area contributed by atoms with E-state index in [0.29, 0.717) is 23.4 Å². The van der Waals surface area contributed by atoms with Crippen molar-refractivity contribution in [1.82, 2.24) is 15.3 Å². The topological polar surface area (TPSA) is 84.0 Å². The number of dihydropyridines is 1. The van der Waals surface area contributed by atoms with Crippen molar-refractivity contribution in [3.63, 3.8) is 0 Å². The lowest BCUT2D eigenvalue weighted by Gasteiger charge is -2.39. The van der Waals surface area contributed by atoms with Crippen molar-refractivity contribution in [3.05, 3.63) is 77.0 Å². The van der Waals surface area contributed by atoms with Crippen LogP contribution in [0.2, 0.25) is 0 Å². The van der Waals surface area contributed by atoms with Crippen LogP contribution in [0.4, 0.5) is 5.82 Å². The Bertz CT molecular complexity index is 1020. The van der Waals surface area contributed by atoms with Crippen LogP contribution in [0.5, 0.6) is 0 Å². The van der Waals surface area contributed by atoms with Crippen molar-refractivity contribution in [2.45, 2.75) is 39.5 Å². The number of pyridine rings is 2. The zero-order chi connectivity index (χ0) is 20.6. The molecule has 2 aromatic rings. The van der Waals surface area contributed by atoms with Gasteiger partial charge in [0.2, 0.25) is 0 Å². The molecular formula is C23H24N4O2. The van der Waals surface area contributed by atoms with Gasteiger partial charge in [-0.3, -0.25) is 14.6 Å². The van der Waals surface area contributed by atoms with Gasteiger partial charge in [0.05, 0.1) is 0 Å². The molecule has 0 saturated heterocycles. The number of amides is 1. The molecule has 0 radical (unpaired) electrons. The van der Waals surface area contributed by atoms with E-state index in [9.17, 15) is 9.59 Å². The maximum atomic E-state index is 13.3. The van der Waals surface area contributed by atoms with Crippen molar-refractivity contribution >= 4 is 17.5 Å². The first kappa shape index (κ1) is 19.1. The van der Waals surface area contributed by atoms with Crippen molar-refractivity contribution in [2.75, 3.05) is 5.32 Å². The maximum Gasteiger partial charge on any atom is 0.255 e. The predicted octanol–water partition coefficient (Wildman–Crippen LogP) is 3.72. The number of aromatic nitrogens is 2. The van der Waals surface area contributed by atoms with Crippen LogP contribution in [-0.2, 0) is 9.59 Å². The molecule has 0 spiro atoms. The molecule has 2 N–H and O–H groups in total. The normalized spacial score (nSPS) is 20.8. The van der Waals surface area contributed by atoms with E-state index in [-0.39, 0.29) is 17.1 Å². The van der Waals surface area contributed by atoms with E-state index in [0.717, 1.165) is 23.4 Å². The average molecular weight is 388 g/mol. The fraction of sp³-hybridized carbons (Fsp3) is 0.304. The quantitative estimate of drug-likeness (QED) is 0.837. The SMILES string of the molecule is CC1=C(C(=O)Nc2ccccn2)C(c2ccncc2)C2=C(CC(C)(C)CC2=O)N1. The molecule has 6 nitrogen and oxygen atoms in total. The fourth-order valence-electron chi connectivity index (χ4n) is 4.25.